The first kappa shape index (κ1) is 8.42. The van der Waals surface area contributed by atoms with Crippen molar-refractivity contribution in [2.75, 3.05) is 6.61 Å². The van der Waals surface area contributed by atoms with Crippen LogP contribution in [0.1, 0.15) is 6.42 Å². The fraction of sp³-hybridized carbons (Fsp3) is 0.750. The molecular weight excluding hydrogens is 137 g/mol. The maximum atomic E-state index is 11.1. The summed E-state index contributed by atoms with van der Waals surface area (Å²) >= 11 is 0. The summed E-state index contributed by atoms with van der Waals surface area (Å²) in [5.41, 5.74) is 0. The Morgan fingerprint density at radius 1 is 1.33 bits per heavy atom. The Balaban J connectivity index is 3.60. The van der Waals surface area contributed by atoms with Crippen LogP contribution in [0.15, 0.2) is 0 Å². The normalized spacial score (nSPS) is 11.6. The third-order valence-electron chi connectivity index (χ3n) is 0.559. The lowest BCUT2D eigenvalue weighted by Crippen LogP contribution is -2.16. The van der Waals surface area contributed by atoms with Gasteiger partial charge in [0.1, 0.15) is 13.0 Å². The highest BCUT2D eigenvalue weighted by atomic mass is 19.4. The van der Waals surface area contributed by atoms with Crippen molar-refractivity contribution < 1.29 is 23.1 Å². The highest BCUT2D eigenvalue weighted by molar-refractivity contribution is 5.79. The SMILES string of the molecule is [O]CC(=O)CC(F)(F)F. The van der Waals surface area contributed by atoms with Gasteiger partial charge >= 0.3 is 6.18 Å². The molecule has 0 aliphatic heterocycles. The summed E-state index contributed by atoms with van der Waals surface area (Å²) in [5, 5.41) is 9.46. The van der Waals surface area contributed by atoms with Crippen LogP contribution >= 0.6 is 0 Å². The minimum absolute atomic E-state index is 1.29. The molecule has 0 bridgehead atoms. The molecule has 0 amide bonds. The molecule has 0 aromatic carbocycles. The van der Waals surface area contributed by atoms with Gasteiger partial charge in [-0.1, -0.05) is 0 Å². The van der Waals surface area contributed by atoms with Gasteiger partial charge in [-0.15, -0.1) is 0 Å². The van der Waals surface area contributed by atoms with Crippen LogP contribution in [-0.2, 0) is 9.90 Å². The molecule has 9 heavy (non-hydrogen) atoms. The summed E-state index contributed by atoms with van der Waals surface area (Å²) in [4.78, 5) is 9.79. The number of Topliss-reactive ketones (excluding diaryl/α,β-unsaturated/α-hetero) is 1. The average Bonchev–Trinajstić information content (AvgIpc) is 1.62. The van der Waals surface area contributed by atoms with E-state index in [1.807, 2.05) is 0 Å². The van der Waals surface area contributed by atoms with Crippen LogP contribution in [0.4, 0.5) is 13.2 Å². The fourth-order valence-corrected chi connectivity index (χ4v) is 0.275. The molecule has 0 saturated carbocycles. The third kappa shape index (κ3) is 5.29. The van der Waals surface area contributed by atoms with E-state index in [9.17, 15) is 23.1 Å². The zero-order valence-corrected chi connectivity index (χ0v) is 4.36. The van der Waals surface area contributed by atoms with Crippen molar-refractivity contribution in [3.05, 3.63) is 0 Å². The number of carbonyl (C=O) groups excluding carboxylic acids is 1. The molecule has 5 heteroatoms. The van der Waals surface area contributed by atoms with E-state index in [0.29, 0.717) is 0 Å². The Kier molecular flexibility index (Phi) is 2.64. The van der Waals surface area contributed by atoms with Crippen molar-refractivity contribution in [3.63, 3.8) is 0 Å². The third-order valence-corrected chi connectivity index (χ3v) is 0.559. The van der Waals surface area contributed by atoms with Gasteiger partial charge in [0, 0.05) is 0 Å². The van der Waals surface area contributed by atoms with Crippen molar-refractivity contribution >= 4 is 5.78 Å². The number of halogens is 3. The van der Waals surface area contributed by atoms with E-state index in [-0.39, 0.29) is 0 Å². The second-order valence-corrected chi connectivity index (χ2v) is 1.47. The van der Waals surface area contributed by atoms with Crippen molar-refractivity contribution in [1.29, 1.82) is 0 Å². The van der Waals surface area contributed by atoms with Crippen LogP contribution in [0, 0.1) is 0 Å². The van der Waals surface area contributed by atoms with E-state index in [1.54, 1.807) is 0 Å². The summed E-state index contributed by atoms with van der Waals surface area (Å²) in [6, 6.07) is 0. The number of hydrogen-bond donors (Lipinski definition) is 0. The molecule has 2 nitrogen and oxygen atoms in total. The quantitative estimate of drug-likeness (QED) is 0.563. The van der Waals surface area contributed by atoms with E-state index in [0.717, 1.165) is 0 Å². The molecule has 0 fully saturated rings. The minimum atomic E-state index is -4.53. The Morgan fingerprint density at radius 2 is 1.78 bits per heavy atom. The summed E-state index contributed by atoms with van der Waals surface area (Å²) in [7, 11) is 0. The Bertz CT molecular complexity index is 107. The standard InChI is InChI=1S/C4H4F3O2/c5-4(6,7)1-3(9)2-8/h1-2H2. The van der Waals surface area contributed by atoms with Crippen LogP contribution in [0.25, 0.3) is 0 Å². The number of ketones is 1. The molecule has 0 aromatic heterocycles. The maximum Gasteiger partial charge on any atom is 0.395 e. The van der Waals surface area contributed by atoms with Crippen LogP contribution < -0.4 is 0 Å². The predicted molar refractivity (Wildman–Crippen MR) is 21.2 cm³/mol. The van der Waals surface area contributed by atoms with Crippen LogP contribution in [-0.4, -0.2) is 18.6 Å². The maximum absolute atomic E-state index is 11.1. The lowest BCUT2D eigenvalue weighted by Gasteiger charge is -2.00. The monoisotopic (exact) mass is 141 g/mol. The van der Waals surface area contributed by atoms with Crippen molar-refractivity contribution in [3.8, 4) is 0 Å². The molecule has 0 N–H and O–H groups in total. The van der Waals surface area contributed by atoms with E-state index in [4.69, 9.17) is 0 Å². The Morgan fingerprint density at radius 3 is 1.89 bits per heavy atom. The lowest BCUT2D eigenvalue weighted by molar-refractivity contribution is -0.155. The zero-order chi connectivity index (χ0) is 7.49. The topological polar surface area (TPSA) is 37.0 Å². The molecule has 0 spiro atoms. The first-order chi connectivity index (χ1) is 3.95. The molecule has 0 aliphatic rings. The molecule has 0 aromatic rings. The summed E-state index contributed by atoms with van der Waals surface area (Å²) in [6.45, 7) is -1.29. The van der Waals surface area contributed by atoms with E-state index in [2.05, 4.69) is 0 Å². The molecule has 1 radical (unpaired) electrons. The Labute approximate surface area is 49.3 Å². The smallest absolute Gasteiger partial charge is 0.297 e. The zero-order valence-electron chi connectivity index (χ0n) is 4.36. The van der Waals surface area contributed by atoms with Crippen LogP contribution in [0.5, 0.6) is 0 Å². The number of carbonyl (C=O) groups is 1. The Hall–Kier alpha value is -0.580. The molecule has 0 atom stereocenters. The van der Waals surface area contributed by atoms with Crippen molar-refractivity contribution in [2.45, 2.75) is 12.6 Å². The van der Waals surface area contributed by atoms with Gasteiger partial charge in [-0.3, -0.25) is 4.79 Å². The first-order valence-electron chi connectivity index (χ1n) is 2.12. The number of hydrogen-bond acceptors (Lipinski definition) is 1. The van der Waals surface area contributed by atoms with Gasteiger partial charge in [0.05, 0.1) is 0 Å². The fourth-order valence-electron chi connectivity index (χ4n) is 0.275. The first-order valence-corrected chi connectivity index (χ1v) is 2.12. The molecule has 0 heterocycles. The summed E-state index contributed by atoms with van der Waals surface area (Å²) in [5.74, 6) is -1.32. The highest BCUT2D eigenvalue weighted by Gasteiger charge is 2.30. The summed E-state index contributed by atoms with van der Waals surface area (Å²) < 4.78 is 33.4. The molecule has 0 aliphatic carbocycles. The second kappa shape index (κ2) is 2.82. The van der Waals surface area contributed by atoms with E-state index in [1.165, 1.54) is 0 Å². The van der Waals surface area contributed by atoms with Gasteiger partial charge in [-0.2, -0.15) is 13.2 Å². The van der Waals surface area contributed by atoms with Crippen LogP contribution in [0.3, 0.4) is 0 Å². The average molecular weight is 141 g/mol. The number of alkyl halides is 3. The summed E-state index contributed by atoms with van der Waals surface area (Å²) in [6.07, 6.45) is -6.13. The predicted octanol–water partition coefficient (Wildman–Crippen LogP) is 0.938. The van der Waals surface area contributed by atoms with E-state index >= 15 is 0 Å². The molecular formula is C4H4F3O2. The molecule has 53 valence electrons. The van der Waals surface area contributed by atoms with Crippen LogP contribution in [0.2, 0.25) is 0 Å². The second-order valence-electron chi connectivity index (χ2n) is 1.47. The van der Waals surface area contributed by atoms with E-state index < -0.39 is 25.0 Å². The minimum Gasteiger partial charge on any atom is -0.297 e. The van der Waals surface area contributed by atoms with Crippen molar-refractivity contribution in [2.24, 2.45) is 0 Å². The van der Waals surface area contributed by atoms with Gasteiger partial charge in [0.15, 0.2) is 5.78 Å². The van der Waals surface area contributed by atoms with Gasteiger partial charge in [0.25, 0.3) is 0 Å². The van der Waals surface area contributed by atoms with Gasteiger partial charge < -0.3 is 0 Å². The molecule has 0 rings (SSSR count). The van der Waals surface area contributed by atoms with Crippen molar-refractivity contribution in [1.82, 2.24) is 0 Å². The molecule has 0 unspecified atom stereocenters. The number of rotatable bonds is 2. The molecule has 0 saturated heterocycles. The van der Waals surface area contributed by atoms with Gasteiger partial charge in [-0.05, 0) is 0 Å². The van der Waals surface area contributed by atoms with Gasteiger partial charge in [0.2, 0.25) is 0 Å². The van der Waals surface area contributed by atoms with Gasteiger partial charge in [-0.25, -0.2) is 5.11 Å². The largest absolute Gasteiger partial charge is 0.395 e. The highest BCUT2D eigenvalue weighted by Crippen LogP contribution is 2.19. The lowest BCUT2D eigenvalue weighted by atomic mass is 10.3.